The van der Waals surface area contributed by atoms with Crippen molar-refractivity contribution < 1.29 is 18.4 Å². The normalized spacial score (nSPS) is 12.4. The lowest BCUT2D eigenvalue weighted by Crippen LogP contribution is -2.21. The predicted molar refractivity (Wildman–Crippen MR) is 127 cm³/mol. The van der Waals surface area contributed by atoms with Crippen LogP contribution in [0.5, 0.6) is 11.5 Å². The second-order valence-corrected chi connectivity index (χ2v) is 8.85. The van der Waals surface area contributed by atoms with Gasteiger partial charge in [-0.2, -0.15) is 4.98 Å². The molecule has 0 amide bonds. The molecule has 8 nitrogen and oxygen atoms in total. The van der Waals surface area contributed by atoms with Crippen molar-refractivity contribution in [1.29, 1.82) is 0 Å². The van der Waals surface area contributed by atoms with E-state index in [9.17, 15) is 9.18 Å². The average molecular weight is 489 g/mol. The Bertz CT molecular complexity index is 1630. The Morgan fingerprint density at radius 1 is 1.03 bits per heavy atom. The van der Waals surface area contributed by atoms with Crippen LogP contribution in [0, 0.1) is 12.7 Å². The van der Waals surface area contributed by atoms with E-state index in [-0.39, 0.29) is 29.7 Å². The second kappa shape index (κ2) is 8.55. The highest BCUT2D eigenvalue weighted by molar-refractivity contribution is 7.98. The summed E-state index contributed by atoms with van der Waals surface area (Å²) in [4.78, 5) is 22.7. The maximum Gasteiger partial charge on any atom is 0.266 e. The highest BCUT2D eigenvalue weighted by atomic mass is 32.2. The predicted octanol–water partition coefficient (Wildman–Crippen LogP) is 4.90. The molecule has 0 saturated heterocycles. The van der Waals surface area contributed by atoms with Gasteiger partial charge in [0.15, 0.2) is 16.7 Å². The molecular formula is C25H17FN4O4S. The van der Waals surface area contributed by atoms with Gasteiger partial charge in [-0.25, -0.2) is 9.37 Å². The molecule has 2 aromatic heterocycles. The molecule has 1 aliphatic rings. The Morgan fingerprint density at radius 3 is 2.63 bits per heavy atom. The van der Waals surface area contributed by atoms with E-state index in [0.717, 1.165) is 5.56 Å². The molecule has 6 rings (SSSR count). The summed E-state index contributed by atoms with van der Waals surface area (Å²) in [6.45, 7) is 2.08. The Labute approximate surface area is 202 Å². The zero-order valence-electron chi connectivity index (χ0n) is 18.4. The molecule has 10 heteroatoms. The van der Waals surface area contributed by atoms with Crippen LogP contribution in [-0.4, -0.2) is 26.5 Å². The number of rotatable bonds is 5. The SMILES string of the molecule is Cc1ccc(-n2c(SCc3nc(-c4cccc(F)c4)no3)nc3cc4c(cc3c2=O)OCO4)cc1. The number of benzene rings is 3. The van der Waals surface area contributed by atoms with Crippen molar-refractivity contribution in [3.63, 3.8) is 0 Å². The minimum absolute atomic E-state index is 0.101. The van der Waals surface area contributed by atoms with Crippen LogP contribution in [0.15, 0.2) is 75.1 Å². The van der Waals surface area contributed by atoms with Crippen LogP contribution in [0.4, 0.5) is 4.39 Å². The van der Waals surface area contributed by atoms with E-state index >= 15 is 0 Å². The third kappa shape index (κ3) is 4.01. The highest BCUT2D eigenvalue weighted by Gasteiger charge is 2.20. The van der Waals surface area contributed by atoms with Crippen molar-refractivity contribution in [3.05, 3.63) is 88.3 Å². The second-order valence-electron chi connectivity index (χ2n) is 7.90. The van der Waals surface area contributed by atoms with E-state index in [1.165, 1.54) is 23.9 Å². The summed E-state index contributed by atoms with van der Waals surface area (Å²) in [7, 11) is 0. The summed E-state index contributed by atoms with van der Waals surface area (Å²) in [5.41, 5.74) is 2.54. The summed E-state index contributed by atoms with van der Waals surface area (Å²) in [6.07, 6.45) is 0. The van der Waals surface area contributed by atoms with Gasteiger partial charge < -0.3 is 14.0 Å². The highest BCUT2D eigenvalue weighted by Crippen LogP contribution is 2.35. The molecule has 35 heavy (non-hydrogen) atoms. The summed E-state index contributed by atoms with van der Waals surface area (Å²) in [5.74, 6) is 1.55. The molecule has 0 radical (unpaired) electrons. The molecular weight excluding hydrogens is 471 g/mol. The van der Waals surface area contributed by atoms with Gasteiger partial charge in [0.2, 0.25) is 18.5 Å². The molecule has 0 saturated carbocycles. The lowest BCUT2D eigenvalue weighted by atomic mass is 10.2. The monoisotopic (exact) mass is 488 g/mol. The molecule has 3 heterocycles. The first-order valence-corrected chi connectivity index (χ1v) is 11.7. The van der Waals surface area contributed by atoms with Gasteiger partial charge in [-0.05, 0) is 37.3 Å². The number of thioether (sulfide) groups is 1. The number of aryl methyl sites for hydroxylation is 1. The Hall–Kier alpha value is -4.18. The van der Waals surface area contributed by atoms with E-state index in [1.54, 1.807) is 28.8 Å². The lowest BCUT2D eigenvalue weighted by Gasteiger charge is -2.13. The quantitative estimate of drug-likeness (QED) is 0.255. The molecule has 0 fully saturated rings. The van der Waals surface area contributed by atoms with Crippen LogP contribution in [0.3, 0.4) is 0 Å². The first kappa shape index (κ1) is 21.4. The molecule has 174 valence electrons. The molecule has 0 atom stereocenters. The number of aromatic nitrogens is 4. The Kier molecular flexibility index (Phi) is 5.22. The minimum atomic E-state index is -0.383. The smallest absolute Gasteiger partial charge is 0.266 e. The van der Waals surface area contributed by atoms with Crippen LogP contribution in [0.1, 0.15) is 11.5 Å². The molecule has 0 bridgehead atoms. The van der Waals surface area contributed by atoms with Gasteiger partial charge in [0.05, 0.1) is 22.3 Å². The molecule has 0 spiro atoms. The van der Waals surface area contributed by atoms with Gasteiger partial charge in [-0.3, -0.25) is 9.36 Å². The molecule has 0 N–H and O–H groups in total. The molecule has 0 aliphatic carbocycles. The third-order valence-corrected chi connectivity index (χ3v) is 6.42. The van der Waals surface area contributed by atoms with Gasteiger partial charge in [0, 0.05) is 11.6 Å². The fourth-order valence-electron chi connectivity index (χ4n) is 3.76. The summed E-state index contributed by atoms with van der Waals surface area (Å²) >= 11 is 1.28. The summed E-state index contributed by atoms with van der Waals surface area (Å²) in [6, 6.07) is 17.0. The summed E-state index contributed by atoms with van der Waals surface area (Å²) < 4.78 is 31.4. The number of fused-ring (bicyclic) bond motifs is 2. The zero-order chi connectivity index (χ0) is 23.9. The molecule has 1 aliphatic heterocycles. The van der Waals surface area contributed by atoms with Gasteiger partial charge in [-0.1, -0.05) is 46.7 Å². The first-order chi connectivity index (χ1) is 17.0. The van der Waals surface area contributed by atoms with E-state index in [2.05, 4.69) is 10.1 Å². The number of halogens is 1. The first-order valence-electron chi connectivity index (χ1n) is 10.7. The Morgan fingerprint density at radius 2 is 1.83 bits per heavy atom. The van der Waals surface area contributed by atoms with Gasteiger partial charge in [0.1, 0.15) is 5.82 Å². The largest absolute Gasteiger partial charge is 0.454 e. The number of nitrogens with zero attached hydrogens (tertiary/aromatic N) is 4. The van der Waals surface area contributed by atoms with E-state index in [4.69, 9.17) is 19.0 Å². The van der Waals surface area contributed by atoms with E-state index in [1.807, 2.05) is 31.2 Å². The number of hydrogen-bond acceptors (Lipinski definition) is 8. The van der Waals surface area contributed by atoms with Crippen LogP contribution in [-0.2, 0) is 5.75 Å². The van der Waals surface area contributed by atoms with Crippen LogP contribution in [0.25, 0.3) is 28.0 Å². The van der Waals surface area contributed by atoms with Crippen LogP contribution < -0.4 is 15.0 Å². The van der Waals surface area contributed by atoms with Crippen molar-refractivity contribution in [2.45, 2.75) is 17.8 Å². The molecule has 5 aromatic rings. The maximum atomic E-state index is 13.6. The van der Waals surface area contributed by atoms with Gasteiger partial charge >= 0.3 is 0 Å². The standard InChI is InChI=1S/C25H17FN4O4S/c1-14-5-7-17(8-6-14)30-24(31)18-10-20-21(33-13-32-20)11-19(18)27-25(30)35-12-22-28-23(29-34-22)15-3-2-4-16(26)9-15/h2-11H,12-13H2,1H3. The summed E-state index contributed by atoms with van der Waals surface area (Å²) in [5, 5.41) is 4.83. The average Bonchev–Trinajstić information content (AvgIpc) is 3.52. The molecule has 0 unspecified atom stereocenters. The van der Waals surface area contributed by atoms with Crippen molar-refractivity contribution in [2.24, 2.45) is 0 Å². The fraction of sp³-hybridized carbons (Fsp3) is 0.120. The topological polar surface area (TPSA) is 92.3 Å². The molecule has 3 aromatic carbocycles. The van der Waals surface area contributed by atoms with Crippen molar-refractivity contribution in [2.75, 3.05) is 6.79 Å². The van der Waals surface area contributed by atoms with Gasteiger partial charge in [0.25, 0.3) is 5.56 Å². The fourth-order valence-corrected chi connectivity index (χ4v) is 4.61. The van der Waals surface area contributed by atoms with E-state index < -0.39 is 0 Å². The lowest BCUT2D eigenvalue weighted by molar-refractivity contribution is 0.174. The van der Waals surface area contributed by atoms with Crippen molar-refractivity contribution in [1.82, 2.24) is 19.7 Å². The number of ether oxygens (including phenoxy) is 2. The minimum Gasteiger partial charge on any atom is -0.454 e. The van der Waals surface area contributed by atoms with Crippen molar-refractivity contribution in [3.8, 4) is 28.6 Å². The zero-order valence-corrected chi connectivity index (χ0v) is 19.2. The van der Waals surface area contributed by atoms with E-state index in [0.29, 0.717) is 44.7 Å². The van der Waals surface area contributed by atoms with Crippen LogP contribution >= 0.6 is 11.8 Å². The third-order valence-electron chi connectivity index (χ3n) is 5.50. The van der Waals surface area contributed by atoms with Crippen LogP contribution in [0.2, 0.25) is 0 Å². The maximum absolute atomic E-state index is 13.6. The Balaban J connectivity index is 1.40. The van der Waals surface area contributed by atoms with Gasteiger partial charge in [-0.15, -0.1) is 0 Å². The van der Waals surface area contributed by atoms with Crippen molar-refractivity contribution >= 4 is 22.7 Å². The number of hydrogen-bond donors (Lipinski definition) is 0.